The summed E-state index contributed by atoms with van der Waals surface area (Å²) in [7, 11) is 0. The van der Waals surface area contributed by atoms with Crippen LogP contribution in [0, 0.1) is 5.92 Å². The highest BCUT2D eigenvalue weighted by molar-refractivity contribution is 5.79. The van der Waals surface area contributed by atoms with Gasteiger partial charge in [0.05, 0.1) is 0 Å². The third-order valence-corrected chi connectivity index (χ3v) is 3.87. The fraction of sp³-hybridized carbons (Fsp3) is 0.786. The van der Waals surface area contributed by atoms with E-state index in [1.807, 2.05) is 11.8 Å². The number of hydrogen-bond donors (Lipinski definition) is 1. The molecule has 1 aromatic rings. The molecule has 0 aromatic carbocycles. The minimum absolute atomic E-state index is 0.142. The first-order valence-electron chi connectivity index (χ1n) is 7.56. The lowest BCUT2D eigenvalue weighted by atomic mass is 9.98. The molecule has 0 radical (unpaired) electrons. The van der Waals surface area contributed by atoms with Gasteiger partial charge in [-0.05, 0) is 45.2 Å². The van der Waals surface area contributed by atoms with E-state index in [0.717, 1.165) is 32.6 Å². The van der Waals surface area contributed by atoms with Crippen molar-refractivity contribution in [1.29, 1.82) is 0 Å². The lowest BCUT2D eigenvalue weighted by Crippen LogP contribution is -2.43. The van der Waals surface area contributed by atoms with Crippen molar-refractivity contribution in [2.75, 3.05) is 26.2 Å². The maximum Gasteiger partial charge on any atom is 0.247 e. The Morgan fingerprint density at radius 1 is 1.60 bits per heavy atom. The molecule has 2 atom stereocenters. The van der Waals surface area contributed by atoms with Gasteiger partial charge in [-0.1, -0.05) is 6.92 Å². The minimum atomic E-state index is -0.277. The van der Waals surface area contributed by atoms with Gasteiger partial charge in [-0.3, -0.25) is 4.79 Å². The lowest BCUT2D eigenvalue weighted by Gasteiger charge is -2.31. The smallest absolute Gasteiger partial charge is 0.247 e. The molecule has 1 N–H and O–H groups in total. The van der Waals surface area contributed by atoms with Crippen LogP contribution in [-0.4, -0.2) is 51.8 Å². The summed E-state index contributed by atoms with van der Waals surface area (Å²) in [6.45, 7) is 7.78. The number of rotatable bonds is 6. The molecule has 2 unspecified atom stereocenters. The normalized spacial score (nSPS) is 20.6. The van der Waals surface area contributed by atoms with Crippen LogP contribution in [0.5, 0.6) is 0 Å². The molecule has 0 bridgehead atoms. The van der Waals surface area contributed by atoms with Gasteiger partial charge in [0.25, 0.3) is 0 Å². The molecule has 0 spiro atoms. The van der Waals surface area contributed by atoms with Crippen LogP contribution in [0.4, 0.5) is 0 Å². The van der Waals surface area contributed by atoms with Crippen molar-refractivity contribution in [3.05, 3.63) is 12.7 Å². The first kappa shape index (κ1) is 15.0. The summed E-state index contributed by atoms with van der Waals surface area (Å²) >= 11 is 0. The molecule has 0 aliphatic carbocycles. The van der Waals surface area contributed by atoms with Crippen molar-refractivity contribution < 1.29 is 4.79 Å². The average Bonchev–Trinajstić information content (AvgIpc) is 3.00. The molecule has 6 heteroatoms. The van der Waals surface area contributed by atoms with Gasteiger partial charge in [-0.25, -0.2) is 9.67 Å². The molecule has 6 nitrogen and oxygen atoms in total. The van der Waals surface area contributed by atoms with Gasteiger partial charge >= 0.3 is 0 Å². The minimum Gasteiger partial charge on any atom is -0.341 e. The summed E-state index contributed by atoms with van der Waals surface area (Å²) in [6, 6.07) is -0.277. The van der Waals surface area contributed by atoms with Gasteiger partial charge in [-0.15, -0.1) is 0 Å². The van der Waals surface area contributed by atoms with Crippen LogP contribution < -0.4 is 5.32 Å². The number of carbonyl (C=O) groups is 1. The molecule has 1 fully saturated rings. The van der Waals surface area contributed by atoms with Crippen molar-refractivity contribution in [2.24, 2.45) is 5.92 Å². The standard InChI is InChI=1S/C14H25N5O/c1-3-7-18(9-13-5-4-6-15-8-13)14(20)12(2)19-11-16-10-17-19/h10-13,15H,3-9H2,1-2H3. The number of piperidine rings is 1. The quantitative estimate of drug-likeness (QED) is 0.846. The van der Waals surface area contributed by atoms with Crippen molar-refractivity contribution >= 4 is 5.91 Å². The maximum absolute atomic E-state index is 12.6. The van der Waals surface area contributed by atoms with Crippen molar-refractivity contribution in [3.8, 4) is 0 Å². The van der Waals surface area contributed by atoms with E-state index in [-0.39, 0.29) is 11.9 Å². The molecule has 2 rings (SSSR count). The van der Waals surface area contributed by atoms with Gasteiger partial charge in [0.15, 0.2) is 0 Å². The number of hydrogen-bond acceptors (Lipinski definition) is 4. The highest BCUT2D eigenvalue weighted by Gasteiger charge is 2.25. The predicted octanol–water partition coefficient (Wildman–Crippen LogP) is 1.08. The zero-order chi connectivity index (χ0) is 14.4. The summed E-state index contributed by atoms with van der Waals surface area (Å²) in [4.78, 5) is 18.5. The number of nitrogens with zero attached hydrogens (tertiary/aromatic N) is 4. The van der Waals surface area contributed by atoms with Crippen LogP contribution in [0.25, 0.3) is 0 Å². The Morgan fingerprint density at radius 2 is 2.45 bits per heavy atom. The van der Waals surface area contributed by atoms with Crippen molar-refractivity contribution in [3.63, 3.8) is 0 Å². The van der Waals surface area contributed by atoms with E-state index in [2.05, 4.69) is 22.3 Å². The van der Waals surface area contributed by atoms with Crippen LogP contribution in [0.3, 0.4) is 0 Å². The second-order valence-corrected chi connectivity index (χ2v) is 5.55. The van der Waals surface area contributed by atoms with Gasteiger partial charge in [0.2, 0.25) is 5.91 Å². The number of nitrogens with one attached hydrogen (secondary N) is 1. The fourth-order valence-corrected chi connectivity index (χ4v) is 2.75. The van der Waals surface area contributed by atoms with Crippen LogP contribution in [0.15, 0.2) is 12.7 Å². The third-order valence-electron chi connectivity index (χ3n) is 3.87. The van der Waals surface area contributed by atoms with E-state index in [9.17, 15) is 4.79 Å². The molecule has 0 saturated carbocycles. The monoisotopic (exact) mass is 279 g/mol. The number of carbonyl (C=O) groups excluding carboxylic acids is 1. The zero-order valence-electron chi connectivity index (χ0n) is 12.5. The SMILES string of the molecule is CCCN(CC1CCCNC1)C(=O)C(C)n1cncn1. The van der Waals surface area contributed by atoms with Crippen LogP contribution >= 0.6 is 0 Å². The predicted molar refractivity (Wildman–Crippen MR) is 77.2 cm³/mol. The van der Waals surface area contributed by atoms with E-state index in [1.54, 1.807) is 11.0 Å². The molecule has 1 aromatic heterocycles. The second kappa shape index (κ2) is 7.38. The Bertz CT molecular complexity index is 400. The lowest BCUT2D eigenvalue weighted by molar-refractivity contribution is -0.135. The molecule has 1 amide bonds. The average molecular weight is 279 g/mol. The molecular weight excluding hydrogens is 254 g/mol. The number of aromatic nitrogens is 3. The van der Waals surface area contributed by atoms with Gasteiger partial charge in [0.1, 0.15) is 18.7 Å². The molecule has 20 heavy (non-hydrogen) atoms. The molecule has 1 saturated heterocycles. The topological polar surface area (TPSA) is 63.1 Å². The Morgan fingerprint density at radius 3 is 3.05 bits per heavy atom. The first-order valence-corrected chi connectivity index (χ1v) is 7.56. The summed E-state index contributed by atoms with van der Waals surface area (Å²) in [5, 5.41) is 7.48. The van der Waals surface area contributed by atoms with Gasteiger partial charge in [0, 0.05) is 13.1 Å². The molecule has 112 valence electrons. The van der Waals surface area contributed by atoms with Crippen LogP contribution in [0.2, 0.25) is 0 Å². The molecule has 1 aliphatic rings. The molecule has 2 heterocycles. The Balaban J connectivity index is 1.97. The fourth-order valence-electron chi connectivity index (χ4n) is 2.75. The third kappa shape index (κ3) is 3.79. The van der Waals surface area contributed by atoms with Crippen LogP contribution in [0.1, 0.15) is 39.2 Å². The van der Waals surface area contributed by atoms with Crippen LogP contribution in [-0.2, 0) is 4.79 Å². The van der Waals surface area contributed by atoms with Gasteiger partial charge in [-0.2, -0.15) is 5.10 Å². The summed E-state index contributed by atoms with van der Waals surface area (Å²) in [6.07, 6.45) is 6.47. The number of amides is 1. The zero-order valence-corrected chi connectivity index (χ0v) is 12.5. The highest BCUT2D eigenvalue weighted by atomic mass is 16.2. The van der Waals surface area contributed by atoms with Crippen molar-refractivity contribution in [1.82, 2.24) is 25.0 Å². The van der Waals surface area contributed by atoms with E-state index in [1.165, 1.54) is 19.2 Å². The van der Waals surface area contributed by atoms with E-state index in [4.69, 9.17) is 0 Å². The first-order chi connectivity index (χ1) is 9.72. The highest BCUT2D eigenvalue weighted by Crippen LogP contribution is 2.15. The Kier molecular flexibility index (Phi) is 5.52. The Labute approximate surface area is 120 Å². The second-order valence-electron chi connectivity index (χ2n) is 5.55. The largest absolute Gasteiger partial charge is 0.341 e. The summed E-state index contributed by atoms with van der Waals surface area (Å²) in [5.74, 6) is 0.713. The van der Waals surface area contributed by atoms with E-state index < -0.39 is 0 Å². The van der Waals surface area contributed by atoms with Crippen molar-refractivity contribution in [2.45, 2.75) is 39.2 Å². The van der Waals surface area contributed by atoms with E-state index >= 15 is 0 Å². The summed E-state index contributed by atoms with van der Waals surface area (Å²) < 4.78 is 1.63. The molecule has 1 aliphatic heterocycles. The maximum atomic E-state index is 12.6. The van der Waals surface area contributed by atoms with E-state index in [0.29, 0.717) is 5.92 Å². The Hall–Kier alpha value is -1.43. The molecular formula is C14H25N5O. The summed E-state index contributed by atoms with van der Waals surface area (Å²) in [5.41, 5.74) is 0. The van der Waals surface area contributed by atoms with Gasteiger partial charge < -0.3 is 10.2 Å².